The Morgan fingerprint density at radius 1 is 1.07 bits per heavy atom. The number of hydrogen-bond acceptors (Lipinski definition) is 7. The highest BCUT2D eigenvalue weighted by Gasteiger charge is 2.75. The van der Waals surface area contributed by atoms with Crippen molar-refractivity contribution < 1.29 is 28.7 Å². The largest absolute Gasteiger partial charge is 0.354 e. The van der Waals surface area contributed by atoms with Crippen molar-refractivity contribution in [3.05, 3.63) is 46.5 Å². The van der Waals surface area contributed by atoms with Crippen LogP contribution in [0.25, 0.3) is 0 Å². The van der Waals surface area contributed by atoms with Crippen LogP contribution in [0.1, 0.15) is 6.92 Å². The van der Waals surface area contributed by atoms with Crippen molar-refractivity contribution in [2.75, 3.05) is 18.1 Å². The fourth-order valence-corrected chi connectivity index (χ4v) is 4.65. The lowest BCUT2D eigenvalue weighted by Gasteiger charge is -2.32. The monoisotopic (exact) mass is 372 g/mol. The van der Waals surface area contributed by atoms with E-state index in [9.17, 15) is 19.7 Å². The standard InChI is InChI=1S/C18H16N2O7/c1-17-6-7-18(27-17,16-25-8-9-26-16)13-12(17)14(21)19(15(13)22)10-2-4-11(5-3-10)20(23)24/h2-7,12-13,16H,8-9H2,1H3. The quantitative estimate of drug-likeness (QED) is 0.339. The van der Waals surface area contributed by atoms with Gasteiger partial charge >= 0.3 is 0 Å². The molecule has 4 unspecified atom stereocenters. The van der Waals surface area contributed by atoms with Crippen LogP contribution >= 0.6 is 0 Å². The lowest BCUT2D eigenvalue weighted by molar-refractivity contribution is -0.384. The number of hydrogen-bond donors (Lipinski definition) is 0. The molecule has 3 fully saturated rings. The van der Waals surface area contributed by atoms with Crippen molar-refractivity contribution in [3.8, 4) is 0 Å². The van der Waals surface area contributed by atoms with E-state index in [4.69, 9.17) is 14.2 Å². The van der Waals surface area contributed by atoms with Crippen LogP contribution in [0, 0.1) is 22.0 Å². The Bertz CT molecular complexity index is 891. The Morgan fingerprint density at radius 3 is 2.33 bits per heavy atom. The van der Waals surface area contributed by atoms with Crippen LogP contribution in [0.2, 0.25) is 0 Å². The number of rotatable bonds is 3. The second-order valence-electron chi connectivity index (χ2n) is 7.29. The second-order valence-corrected chi connectivity index (χ2v) is 7.29. The van der Waals surface area contributed by atoms with E-state index in [2.05, 4.69) is 0 Å². The molecule has 3 saturated heterocycles. The normalized spacial score (nSPS) is 37.4. The van der Waals surface area contributed by atoms with Gasteiger partial charge in [-0.2, -0.15) is 0 Å². The summed E-state index contributed by atoms with van der Waals surface area (Å²) in [5, 5.41) is 10.9. The molecular weight excluding hydrogens is 356 g/mol. The first-order chi connectivity index (χ1) is 12.9. The highest BCUT2D eigenvalue weighted by atomic mass is 16.7. The maximum absolute atomic E-state index is 13.3. The van der Waals surface area contributed by atoms with Crippen molar-refractivity contribution in [1.29, 1.82) is 0 Å². The van der Waals surface area contributed by atoms with Gasteiger partial charge in [0.05, 0.1) is 41.3 Å². The number of nitro benzene ring substituents is 1. The third kappa shape index (κ3) is 1.98. The van der Waals surface area contributed by atoms with Crippen LogP contribution in [0.3, 0.4) is 0 Å². The molecule has 1 aromatic carbocycles. The van der Waals surface area contributed by atoms with Gasteiger partial charge in [-0.1, -0.05) is 6.08 Å². The fourth-order valence-electron chi connectivity index (χ4n) is 4.65. The minimum atomic E-state index is -1.14. The van der Waals surface area contributed by atoms with E-state index in [0.717, 1.165) is 4.90 Å². The van der Waals surface area contributed by atoms with Crippen LogP contribution in [-0.2, 0) is 23.8 Å². The SMILES string of the molecule is CC12C=CC(C3OCCO3)(O1)C1C(=O)N(c3ccc([N+](=O)[O-])cc3)C(=O)C12. The predicted molar refractivity (Wildman–Crippen MR) is 89.6 cm³/mol. The third-order valence-corrected chi connectivity index (χ3v) is 5.79. The molecule has 4 atom stereocenters. The van der Waals surface area contributed by atoms with E-state index in [0.29, 0.717) is 18.9 Å². The maximum atomic E-state index is 13.3. The van der Waals surface area contributed by atoms with Crippen LogP contribution in [0.4, 0.5) is 11.4 Å². The van der Waals surface area contributed by atoms with Crippen LogP contribution in [-0.4, -0.2) is 47.4 Å². The summed E-state index contributed by atoms with van der Waals surface area (Å²) in [4.78, 5) is 37.8. The number of ether oxygens (including phenoxy) is 3. The average Bonchev–Trinajstić information content (AvgIpc) is 3.38. The first kappa shape index (κ1) is 16.5. The molecule has 5 rings (SSSR count). The summed E-state index contributed by atoms with van der Waals surface area (Å²) >= 11 is 0. The summed E-state index contributed by atoms with van der Waals surface area (Å²) in [6.07, 6.45) is 2.82. The van der Waals surface area contributed by atoms with Gasteiger partial charge < -0.3 is 14.2 Å². The number of benzene rings is 1. The first-order valence-corrected chi connectivity index (χ1v) is 8.63. The number of carbonyl (C=O) groups excluding carboxylic acids is 2. The Morgan fingerprint density at radius 2 is 1.70 bits per heavy atom. The molecule has 140 valence electrons. The number of carbonyl (C=O) groups is 2. The lowest BCUT2D eigenvalue weighted by Crippen LogP contribution is -2.49. The van der Waals surface area contributed by atoms with Crippen LogP contribution < -0.4 is 4.90 Å². The molecule has 0 aliphatic carbocycles. The predicted octanol–water partition coefficient (Wildman–Crippen LogP) is 1.17. The van der Waals surface area contributed by atoms with Gasteiger partial charge in [-0.25, -0.2) is 4.90 Å². The number of fused-ring (bicyclic) bond motifs is 5. The number of nitrogens with zero attached hydrogens (tertiary/aromatic N) is 2. The van der Waals surface area contributed by atoms with Gasteiger partial charge in [0.2, 0.25) is 11.8 Å². The number of non-ortho nitro benzene ring substituents is 1. The van der Waals surface area contributed by atoms with Gasteiger partial charge in [-0.15, -0.1) is 0 Å². The van der Waals surface area contributed by atoms with Crippen molar-refractivity contribution >= 4 is 23.2 Å². The Hall–Kier alpha value is -2.62. The van der Waals surface area contributed by atoms with Crippen LogP contribution in [0.15, 0.2) is 36.4 Å². The molecule has 0 spiro atoms. The van der Waals surface area contributed by atoms with Gasteiger partial charge in [0, 0.05) is 12.1 Å². The van der Waals surface area contributed by atoms with E-state index in [1.54, 1.807) is 19.1 Å². The zero-order chi connectivity index (χ0) is 19.0. The van der Waals surface area contributed by atoms with Gasteiger partial charge in [-0.05, 0) is 25.1 Å². The molecule has 9 nitrogen and oxygen atoms in total. The van der Waals surface area contributed by atoms with E-state index < -0.39 is 40.2 Å². The molecule has 0 radical (unpaired) electrons. The maximum Gasteiger partial charge on any atom is 0.269 e. The summed E-state index contributed by atoms with van der Waals surface area (Å²) in [6, 6.07) is 5.35. The van der Waals surface area contributed by atoms with Crippen molar-refractivity contribution in [1.82, 2.24) is 0 Å². The molecular formula is C18H16N2O7. The zero-order valence-corrected chi connectivity index (χ0v) is 14.4. The summed E-state index contributed by atoms with van der Waals surface area (Å²) < 4.78 is 17.4. The smallest absolute Gasteiger partial charge is 0.269 e. The van der Waals surface area contributed by atoms with Crippen molar-refractivity contribution in [2.24, 2.45) is 11.8 Å². The Kier molecular flexibility index (Phi) is 3.20. The molecule has 1 aromatic rings. The first-order valence-electron chi connectivity index (χ1n) is 8.63. The number of anilines is 1. The second kappa shape index (κ2) is 5.22. The minimum Gasteiger partial charge on any atom is -0.354 e. The molecule has 2 bridgehead atoms. The topological polar surface area (TPSA) is 108 Å². The highest BCUT2D eigenvalue weighted by molar-refractivity contribution is 6.23. The molecule has 0 aromatic heterocycles. The van der Waals surface area contributed by atoms with E-state index in [1.165, 1.54) is 24.3 Å². The van der Waals surface area contributed by atoms with Gasteiger partial charge in [0.25, 0.3) is 5.69 Å². The minimum absolute atomic E-state index is 0.112. The summed E-state index contributed by atoms with van der Waals surface area (Å²) in [6.45, 7) is 2.56. The lowest BCUT2D eigenvalue weighted by atomic mass is 9.72. The third-order valence-electron chi connectivity index (χ3n) is 5.79. The molecule has 4 heterocycles. The summed E-state index contributed by atoms with van der Waals surface area (Å²) in [5.74, 6) is -2.26. The van der Waals surface area contributed by atoms with Gasteiger partial charge in [-0.3, -0.25) is 19.7 Å². The molecule has 0 saturated carbocycles. The Balaban J connectivity index is 1.55. The summed E-state index contributed by atoms with van der Waals surface area (Å²) in [7, 11) is 0. The molecule has 2 amide bonds. The molecule has 0 N–H and O–H groups in total. The number of imide groups is 1. The Labute approximate surface area is 153 Å². The molecule has 9 heteroatoms. The van der Waals surface area contributed by atoms with E-state index >= 15 is 0 Å². The van der Waals surface area contributed by atoms with E-state index in [1.807, 2.05) is 0 Å². The van der Waals surface area contributed by atoms with Gasteiger partial charge in [0.1, 0.15) is 0 Å². The summed E-state index contributed by atoms with van der Waals surface area (Å²) in [5.41, 5.74) is -1.88. The molecule has 4 aliphatic heterocycles. The van der Waals surface area contributed by atoms with Crippen molar-refractivity contribution in [2.45, 2.75) is 24.4 Å². The number of amides is 2. The molecule has 27 heavy (non-hydrogen) atoms. The molecule has 4 aliphatic rings. The number of nitro groups is 1. The van der Waals surface area contributed by atoms with Crippen LogP contribution in [0.5, 0.6) is 0 Å². The van der Waals surface area contributed by atoms with E-state index in [-0.39, 0.29) is 11.6 Å². The van der Waals surface area contributed by atoms with Crippen molar-refractivity contribution in [3.63, 3.8) is 0 Å². The van der Waals surface area contributed by atoms with Gasteiger partial charge in [0.15, 0.2) is 11.9 Å². The average molecular weight is 372 g/mol. The highest BCUT2D eigenvalue weighted by Crippen LogP contribution is 2.59. The zero-order valence-electron chi connectivity index (χ0n) is 14.4. The fraction of sp³-hybridized carbons (Fsp3) is 0.444.